The van der Waals surface area contributed by atoms with Crippen LogP contribution in [0.1, 0.15) is 126 Å². The zero-order valence-electron chi connectivity index (χ0n) is 29.2. The van der Waals surface area contributed by atoms with E-state index in [2.05, 4.69) is 137 Å². The Hall–Kier alpha value is -1.98. The van der Waals surface area contributed by atoms with Crippen LogP contribution in [0.4, 0.5) is 0 Å². The van der Waals surface area contributed by atoms with Crippen LogP contribution in [0.3, 0.4) is 0 Å². The molecule has 0 fully saturated rings. The minimum Gasteiger partial charge on any atom is -0.143 e. The van der Waals surface area contributed by atoms with E-state index in [4.69, 9.17) is 0 Å². The number of thiophene rings is 4. The lowest BCUT2D eigenvalue weighted by atomic mass is 9.90. The van der Waals surface area contributed by atoms with Crippen molar-refractivity contribution in [1.29, 1.82) is 0 Å². The van der Waals surface area contributed by atoms with Gasteiger partial charge in [-0.05, 0) is 47.3 Å². The molecule has 0 nitrogen and oxygen atoms in total. The molecule has 3 aromatic carbocycles. The summed E-state index contributed by atoms with van der Waals surface area (Å²) in [6.45, 7) is 19.0. The zero-order valence-corrected chi connectivity index (χ0v) is 32.4. The van der Waals surface area contributed by atoms with Crippen molar-refractivity contribution in [3.8, 4) is 0 Å². The van der Waals surface area contributed by atoms with E-state index in [1.165, 1.54) is 106 Å². The van der Waals surface area contributed by atoms with E-state index in [0.717, 1.165) is 0 Å². The zero-order chi connectivity index (χ0) is 32.4. The molecule has 46 heavy (non-hydrogen) atoms. The van der Waals surface area contributed by atoms with Crippen molar-refractivity contribution >= 4 is 107 Å². The Balaban J connectivity index is 1.41. The summed E-state index contributed by atoms with van der Waals surface area (Å²) in [5.41, 5.74) is 0.296. The first-order valence-electron chi connectivity index (χ1n) is 17.7. The van der Waals surface area contributed by atoms with Crippen molar-refractivity contribution < 1.29 is 0 Å². The fraction of sp³-hybridized carbons (Fsp3) is 0.476. The summed E-state index contributed by atoms with van der Waals surface area (Å²) in [6, 6.07) is 14.7. The van der Waals surface area contributed by atoms with E-state index < -0.39 is 0 Å². The molecule has 0 unspecified atom stereocenters. The summed E-state index contributed by atoms with van der Waals surface area (Å²) in [6.07, 6.45) is 13.0. The highest BCUT2D eigenvalue weighted by Gasteiger charge is 2.27. The summed E-state index contributed by atoms with van der Waals surface area (Å²) in [5.74, 6) is 0. The van der Waals surface area contributed by atoms with Crippen molar-refractivity contribution in [1.82, 2.24) is 0 Å². The van der Waals surface area contributed by atoms with Gasteiger partial charge in [-0.1, -0.05) is 130 Å². The van der Waals surface area contributed by atoms with Crippen LogP contribution < -0.4 is 0 Å². The Morgan fingerprint density at radius 2 is 0.783 bits per heavy atom. The van der Waals surface area contributed by atoms with E-state index in [9.17, 15) is 0 Å². The van der Waals surface area contributed by atoms with Gasteiger partial charge in [-0.25, -0.2) is 0 Å². The molecule has 0 spiro atoms. The molecule has 7 rings (SSSR count). The van der Waals surface area contributed by atoms with Gasteiger partial charge in [0.05, 0.1) is 0 Å². The molecular weight excluding hydrogens is 633 g/mol. The van der Waals surface area contributed by atoms with Gasteiger partial charge in [-0.2, -0.15) is 0 Å². The van der Waals surface area contributed by atoms with Crippen molar-refractivity contribution in [2.75, 3.05) is 0 Å². The van der Waals surface area contributed by atoms with E-state index >= 15 is 0 Å². The summed E-state index contributed by atoms with van der Waals surface area (Å²) in [7, 11) is 0. The van der Waals surface area contributed by atoms with Gasteiger partial charge in [0.15, 0.2) is 0 Å². The van der Waals surface area contributed by atoms with Gasteiger partial charge >= 0.3 is 0 Å². The lowest BCUT2D eigenvalue weighted by Crippen LogP contribution is -2.08. The van der Waals surface area contributed by atoms with Crippen molar-refractivity contribution in [3.63, 3.8) is 0 Å². The van der Waals surface area contributed by atoms with Crippen LogP contribution in [0.25, 0.3) is 61.9 Å². The monoisotopic (exact) mass is 682 g/mol. The number of unbranched alkanes of at least 4 members (excludes halogenated alkanes) is 6. The number of rotatable bonds is 10. The van der Waals surface area contributed by atoms with Gasteiger partial charge in [0.25, 0.3) is 0 Å². The molecule has 0 saturated carbocycles. The molecule has 0 saturated heterocycles. The third-order valence-electron chi connectivity index (χ3n) is 9.79. The molecule has 0 aliphatic heterocycles. The number of aryl methyl sites for hydroxylation is 2. The predicted octanol–water partition coefficient (Wildman–Crippen LogP) is 15.7. The fourth-order valence-electron chi connectivity index (χ4n) is 7.43. The third-order valence-corrected chi connectivity index (χ3v) is 16.0. The van der Waals surface area contributed by atoms with Crippen LogP contribution in [-0.2, 0) is 23.7 Å². The molecule has 0 N–H and O–H groups in total. The molecule has 0 aliphatic carbocycles. The Morgan fingerprint density at radius 1 is 0.413 bits per heavy atom. The molecule has 0 bridgehead atoms. The second kappa shape index (κ2) is 12.5. The summed E-state index contributed by atoms with van der Waals surface area (Å²) in [5, 5.41) is 11.7. The summed E-state index contributed by atoms with van der Waals surface area (Å²) in [4.78, 5) is 6.37. The normalized spacial score (nSPS) is 13.2. The molecular formula is C42H50S4. The highest BCUT2D eigenvalue weighted by atomic mass is 32.1. The molecule has 242 valence electrons. The molecule has 0 atom stereocenters. The second-order valence-corrected chi connectivity index (χ2v) is 19.8. The number of hydrogen-bond acceptors (Lipinski definition) is 4. The maximum absolute atomic E-state index is 2.46. The number of hydrogen-bond donors (Lipinski definition) is 0. The summed E-state index contributed by atoms with van der Waals surface area (Å²) >= 11 is 8.33. The standard InChI is InChI=1S/C42H50S4/c1-9-11-13-15-17-31-37-33(39(43-31)41(3,4)5)29-23-19-25-26-20-24-30-34-38(46-36(30)28(26)22-21-27(25)35(29)45-37)32(18-16-14-12-10-2)44-40(34)42(6,7)8/h19-24H,9-18H2,1-8H3. The SMILES string of the molecule is CCCCCCc1sc(C(C)(C)C)c2c1sc1c3ccc4c(ccc5c4sc4c(CCCCCC)sc(C(C)(C)C)c45)c3ccc12. The van der Waals surface area contributed by atoms with Crippen LogP contribution in [-0.4, -0.2) is 0 Å². The third kappa shape index (κ3) is 5.54. The number of benzene rings is 3. The van der Waals surface area contributed by atoms with Gasteiger partial charge in [-0.15, -0.1) is 45.3 Å². The second-order valence-electron chi connectivity index (χ2n) is 15.6. The predicted molar refractivity (Wildman–Crippen MR) is 216 cm³/mol. The van der Waals surface area contributed by atoms with Crippen LogP contribution in [0.5, 0.6) is 0 Å². The van der Waals surface area contributed by atoms with Crippen molar-refractivity contribution in [3.05, 3.63) is 55.9 Å². The maximum atomic E-state index is 2.46. The van der Waals surface area contributed by atoms with Gasteiger partial charge in [-0.3, -0.25) is 0 Å². The molecule has 4 aromatic heterocycles. The van der Waals surface area contributed by atoms with Gasteiger partial charge in [0.2, 0.25) is 0 Å². The van der Waals surface area contributed by atoms with Crippen molar-refractivity contribution in [2.24, 2.45) is 0 Å². The smallest absolute Gasteiger partial charge is 0.0497 e. The highest BCUT2D eigenvalue weighted by Crippen LogP contribution is 2.52. The topological polar surface area (TPSA) is 0 Å². The molecule has 0 radical (unpaired) electrons. The lowest BCUT2D eigenvalue weighted by Gasteiger charge is -2.17. The molecule has 7 aromatic rings. The molecule has 0 amide bonds. The lowest BCUT2D eigenvalue weighted by molar-refractivity contribution is 0.608. The maximum Gasteiger partial charge on any atom is 0.0497 e. The highest BCUT2D eigenvalue weighted by molar-refractivity contribution is 7.31. The van der Waals surface area contributed by atoms with Crippen molar-refractivity contribution in [2.45, 2.75) is 130 Å². The van der Waals surface area contributed by atoms with E-state index in [1.807, 2.05) is 0 Å². The average molecular weight is 683 g/mol. The van der Waals surface area contributed by atoms with Gasteiger partial charge in [0.1, 0.15) is 0 Å². The largest absolute Gasteiger partial charge is 0.143 e. The average Bonchev–Trinajstić information content (AvgIpc) is 3.76. The molecule has 4 heteroatoms. The first-order chi connectivity index (χ1) is 22.0. The van der Waals surface area contributed by atoms with Crippen LogP contribution in [0.15, 0.2) is 36.4 Å². The van der Waals surface area contributed by atoms with E-state index in [1.54, 1.807) is 39.7 Å². The quantitative estimate of drug-likeness (QED) is 0.0995. The Bertz CT molecular complexity index is 2040. The Kier molecular flexibility index (Phi) is 8.83. The van der Waals surface area contributed by atoms with E-state index in [0.29, 0.717) is 0 Å². The Morgan fingerprint density at radius 3 is 1.15 bits per heavy atom. The van der Waals surface area contributed by atoms with Gasteiger partial charge in [0, 0.05) is 70.6 Å². The van der Waals surface area contributed by atoms with Crippen LogP contribution in [0, 0.1) is 0 Å². The molecule has 0 aliphatic rings. The minimum atomic E-state index is 0.148. The first-order valence-corrected chi connectivity index (χ1v) is 21.0. The fourth-order valence-corrected chi connectivity index (χ4v) is 13.3. The minimum absolute atomic E-state index is 0.148. The first kappa shape index (κ1) is 32.6. The van der Waals surface area contributed by atoms with Crippen LogP contribution >= 0.6 is 45.3 Å². The molecule has 4 heterocycles. The van der Waals surface area contributed by atoms with E-state index in [-0.39, 0.29) is 10.8 Å². The Labute approximate surface area is 291 Å². The van der Waals surface area contributed by atoms with Gasteiger partial charge < -0.3 is 0 Å². The summed E-state index contributed by atoms with van der Waals surface area (Å²) < 4.78 is 6.08. The number of fused-ring (bicyclic) bond motifs is 11. The van der Waals surface area contributed by atoms with Crippen LogP contribution in [0.2, 0.25) is 0 Å².